The number of benzene rings is 3. The maximum atomic E-state index is 13.2. The molecule has 3 aromatic rings. The van der Waals surface area contributed by atoms with E-state index in [1.54, 1.807) is 26.4 Å². The van der Waals surface area contributed by atoms with Crippen LogP contribution in [0.25, 0.3) is 11.3 Å². The first-order valence-corrected chi connectivity index (χ1v) is 10.5. The molecule has 0 aliphatic carbocycles. The van der Waals surface area contributed by atoms with Gasteiger partial charge in [-0.1, -0.05) is 36.4 Å². The van der Waals surface area contributed by atoms with Crippen LogP contribution in [0.5, 0.6) is 11.5 Å². The van der Waals surface area contributed by atoms with E-state index in [4.69, 9.17) is 9.47 Å². The van der Waals surface area contributed by atoms with Gasteiger partial charge in [0, 0.05) is 30.8 Å². The Kier molecular flexibility index (Phi) is 6.31. The summed E-state index contributed by atoms with van der Waals surface area (Å²) in [7, 11) is 3.12. The number of carbonyl (C=O) groups excluding carboxylic acids is 2. The van der Waals surface area contributed by atoms with Crippen LogP contribution in [0.15, 0.2) is 66.7 Å². The zero-order valence-electron chi connectivity index (χ0n) is 18.7. The normalized spacial score (nSPS) is 13.6. The van der Waals surface area contributed by atoms with Gasteiger partial charge in [0.2, 0.25) is 5.91 Å². The van der Waals surface area contributed by atoms with Gasteiger partial charge in [0.1, 0.15) is 0 Å². The quantitative estimate of drug-likeness (QED) is 0.475. The number of anilines is 2. The van der Waals surface area contributed by atoms with Gasteiger partial charge in [-0.25, -0.2) is 0 Å². The predicted octanol–water partition coefficient (Wildman–Crippen LogP) is 4.27. The lowest BCUT2D eigenvalue weighted by Gasteiger charge is -2.16. The van der Waals surface area contributed by atoms with Gasteiger partial charge in [0.05, 0.1) is 31.2 Å². The van der Waals surface area contributed by atoms with E-state index < -0.39 is 0 Å². The van der Waals surface area contributed by atoms with Gasteiger partial charge in [0.15, 0.2) is 11.5 Å². The third kappa shape index (κ3) is 4.67. The Morgan fingerprint density at radius 3 is 2.36 bits per heavy atom. The third-order valence-electron chi connectivity index (χ3n) is 5.32. The maximum absolute atomic E-state index is 13.2. The average molecular weight is 444 g/mol. The largest absolute Gasteiger partial charge is 0.493 e. The molecule has 7 nitrogen and oxygen atoms in total. The maximum Gasteiger partial charge on any atom is 0.258 e. The molecule has 4 rings (SSSR count). The molecular formula is C26H25N3O4. The molecule has 3 aromatic carbocycles. The number of methoxy groups -OCH3 is 2. The molecule has 0 spiro atoms. The highest BCUT2D eigenvalue weighted by Gasteiger charge is 2.30. The van der Waals surface area contributed by atoms with Crippen molar-refractivity contribution in [2.75, 3.05) is 24.9 Å². The number of nitrogens with one attached hydrogen (secondary N) is 3. The molecule has 0 saturated carbocycles. The number of para-hydroxylation sites is 1. The fourth-order valence-corrected chi connectivity index (χ4v) is 3.75. The summed E-state index contributed by atoms with van der Waals surface area (Å²) in [4.78, 5) is 24.6. The Balaban J connectivity index is 1.88. The van der Waals surface area contributed by atoms with E-state index in [2.05, 4.69) is 16.0 Å². The molecule has 0 fully saturated rings. The van der Waals surface area contributed by atoms with Crippen molar-refractivity contribution in [2.45, 2.75) is 13.5 Å². The van der Waals surface area contributed by atoms with Crippen molar-refractivity contribution in [3.05, 3.63) is 83.4 Å². The van der Waals surface area contributed by atoms with Gasteiger partial charge < -0.3 is 25.4 Å². The summed E-state index contributed by atoms with van der Waals surface area (Å²) in [6.45, 7) is 1.88. The summed E-state index contributed by atoms with van der Waals surface area (Å²) in [5.41, 5.74) is 5.07. The number of ether oxygens (including phenoxy) is 2. The summed E-state index contributed by atoms with van der Waals surface area (Å²) in [5.74, 6) is 0.730. The summed E-state index contributed by atoms with van der Waals surface area (Å²) >= 11 is 0. The van der Waals surface area contributed by atoms with Crippen molar-refractivity contribution in [3.8, 4) is 11.5 Å². The van der Waals surface area contributed by atoms with Gasteiger partial charge in [-0.05, 0) is 35.4 Å². The molecule has 1 aliphatic heterocycles. The second kappa shape index (κ2) is 9.48. The van der Waals surface area contributed by atoms with Crippen LogP contribution in [-0.4, -0.2) is 26.0 Å². The smallest absolute Gasteiger partial charge is 0.258 e. The van der Waals surface area contributed by atoms with Crippen LogP contribution < -0.4 is 25.4 Å². The van der Waals surface area contributed by atoms with Crippen LogP contribution in [0.4, 0.5) is 11.4 Å². The molecule has 0 atom stereocenters. The molecule has 0 unspecified atom stereocenters. The third-order valence-corrected chi connectivity index (χ3v) is 5.32. The van der Waals surface area contributed by atoms with Crippen molar-refractivity contribution in [2.24, 2.45) is 0 Å². The first-order valence-electron chi connectivity index (χ1n) is 10.5. The zero-order valence-corrected chi connectivity index (χ0v) is 18.7. The molecular weight excluding hydrogens is 418 g/mol. The summed E-state index contributed by atoms with van der Waals surface area (Å²) in [5, 5.41) is 9.18. The van der Waals surface area contributed by atoms with Crippen LogP contribution in [0.2, 0.25) is 0 Å². The molecule has 0 radical (unpaired) electrons. The Bertz CT molecular complexity index is 1240. The first kappa shape index (κ1) is 22.0. The number of hydrogen-bond acceptors (Lipinski definition) is 5. The van der Waals surface area contributed by atoms with E-state index in [-0.39, 0.29) is 11.8 Å². The van der Waals surface area contributed by atoms with Gasteiger partial charge in [-0.3, -0.25) is 9.59 Å². The molecule has 7 heteroatoms. The molecule has 0 bridgehead atoms. The number of carbonyl (C=O) groups is 2. The SMILES string of the molecule is COc1cc2c(cc1OC)/C(=C(/Nc1ccccc1)c1cccc(CNC(C)=O)c1)C(=O)N2. The van der Waals surface area contributed by atoms with Crippen molar-refractivity contribution >= 4 is 34.5 Å². The van der Waals surface area contributed by atoms with Crippen molar-refractivity contribution < 1.29 is 19.1 Å². The van der Waals surface area contributed by atoms with Crippen LogP contribution >= 0.6 is 0 Å². The highest BCUT2D eigenvalue weighted by molar-refractivity contribution is 6.37. The second-order valence-electron chi connectivity index (χ2n) is 7.56. The molecule has 168 valence electrons. The van der Waals surface area contributed by atoms with Crippen molar-refractivity contribution in [3.63, 3.8) is 0 Å². The Hall–Kier alpha value is -4.26. The van der Waals surface area contributed by atoms with Gasteiger partial charge in [0.25, 0.3) is 5.91 Å². The lowest BCUT2D eigenvalue weighted by Crippen LogP contribution is -2.19. The van der Waals surface area contributed by atoms with E-state index in [0.717, 1.165) is 16.8 Å². The molecule has 2 amide bonds. The molecule has 33 heavy (non-hydrogen) atoms. The zero-order chi connectivity index (χ0) is 23.4. The van der Waals surface area contributed by atoms with E-state index in [9.17, 15) is 9.59 Å². The average Bonchev–Trinajstić information content (AvgIpc) is 3.15. The number of fused-ring (bicyclic) bond motifs is 1. The standard InChI is InChI=1S/C26H25N3O4/c1-16(30)27-15-17-8-7-9-18(12-17)25(28-19-10-5-4-6-11-19)24-20-13-22(32-2)23(33-3)14-21(20)29-26(24)31/h4-14,28H,15H2,1-3H3,(H,27,30)(H,29,31)/b25-24-. The summed E-state index contributed by atoms with van der Waals surface area (Å²) < 4.78 is 10.9. The number of hydrogen-bond donors (Lipinski definition) is 3. The van der Waals surface area contributed by atoms with Crippen LogP contribution in [-0.2, 0) is 16.1 Å². The molecule has 0 saturated heterocycles. The van der Waals surface area contributed by atoms with E-state index in [1.165, 1.54) is 6.92 Å². The summed E-state index contributed by atoms with van der Waals surface area (Å²) in [6, 6.07) is 20.9. The predicted molar refractivity (Wildman–Crippen MR) is 129 cm³/mol. The number of amides is 2. The van der Waals surface area contributed by atoms with Crippen LogP contribution in [0.3, 0.4) is 0 Å². The fraction of sp³-hybridized carbons (Fsp3) is 0.154. The first-order chi connectivity index (χ1) is 16.0. The van der Waals surface area contributed by atoms with Crippen LogP contribution in [0, 0.1) is 0 Å². The minimum absolute atomic E-state index is 0.105. The van der Waals surface area contributed by atoms with Crippen LogP contribution in [0.1, 0.15) is 23.6 Å². The molecule has 1 heterocycles. The highest BCUT2D eigenvalue weighted by Crippen LogP contribution is 2.43. The topological polar surface area (TPSA) is 88.7 Å². The van der Waals surface area contributed by atoms with E-state index in [1.807, 2.05) is 54.6 Å². The van der Waals surface area contributed by atoms with E-state index >= 15 is 0 Å². The molecule has 3 N–H and O–H groups in total. The Morgan fingerprint density at radius 2 is 1.67 bits per heavy atom. The van der Waals surface area contributed by atoms with E-state index in [0.29, 0.717) is 40.6 Å². The second-order valence-corrected chi connectivity index (χ2v) is 7.56. The lowest BCUT2D eigenvalue weighted by atomic mass is 9.98. The number of rotatable bonds is 7. The Morgan fingerprint density at radius 1 is 0.939 bits per heavy atom. The lowest BCUT2D eigenvalue weighted by molar-refractivity contribution is -0.119. The highest BCUT2D eigenvalue weighted by atomic mass is 16.5. The molecule has 0 aromatic heterocycles. The molecule has 1 aliphatic rings. The van der Waals surface area contributed by atoms with Crippen molar-refractivity contribution in [1.29, 1.82) is 0 Å². The Labute approximate surface area is 192 Å². The van der Waals surface area contributed by atoms with Crippen molar-refractivity contribution in [1.82, 2.24) is 5.32 Å². The monoisotopic (exact) mass is 443 g/mol. The van der Waals surface area contributed by atoms with Gasteiger partial charge >= 0.3 is 0 Å². The fourth-order valence-electron chi connectivity index (χ4n) is 3.75. The van der Waals surface area contributed by atoms with Gasteiger partial charge in [-0.2, -0.15) is 0 Å². The minimum Gasteiger partial charge on any atom is -0.493 e. The summed E-state index contributed by atoms with van der Waals surface area (Å²) in [6.07, 6.45) is 0. The van der Waals surface area contributed by atoms with Gasteiger partial charge in [-0.15, -0.1) is 0 Å². The minimum atomic E-state index is -0.231.